The number of hydrogen-bond donors (Lipinski definition) is 2. The molecule has 5 heteroatoms. The van der Waals surface area contributed by atoms with Crippen LogP contribution in [0.4, 0.5) is 5.82 Å². The highest BCUT2D eigenvalue weighted by Crippen LogP contribution is 2.29. The fraction of sp³-hybridized carbons (Fsp3) is 0.714. The van der Waals surface area contributed by atoms with Crippen LogP contribution in [0.25, 0.3) is 0 Å². The largest absolute Gasteiger partial charge is 0.396 e. The van der Waals surface area contributed by atoms with Crippen LogP contribution in [0.3, 0.4) is 0 Å². The molecular formula is C14H24ClN3O. The minimum atomic E-state index is 0.106. The monoisotopic (exact) mass is 285 g/mol. The zero-order valence-corrected chi connectivity index (χ0v) is 13.0. The maximum atomic E-state index is 8.91. The van der Waals surface area contributed by atoms with Crippen molar-refractivity contribution in [2.45, 2.75) is 46.5 Å². The molecule has 0 unspecified atom stereocenters. The molecule has 1 aromatic rings. The van der Waals surface area contributed by atoms with Gasteiger partial charge in [-0.05, 0) is 24.2 Å². The van der Waals surface area contributed by atoms with E-state index >= 15 is 0 Å². The fourth-order valence-electron chi connectivity index (χ4n) is 2.00. The van der Waals surface area contributed by atoms with Gasteiger partial charge in [-0.2, -0.15) is 0 Å². The van der Waals surface area contributed by atoms with Crippen LogP contribution in [0.2, 0.25) is 5.15 Å². The Labute approximate surface area is 120 Å². The highest BCUT2D eigenvalue weighted by atomic mass is 35.5. The van der Waals surface area contributed by atoms with E-state index in [4.69, 9.17) is 16.7 Å². The second kappa shape index (κ2) is 7.06. The van der Waals surface area contributed by atoms with Gasteiger partial charge in [0.15, 0.2) is 0 Å². The topological polar surface area (TPSA) is 58.0 Å². The fourth-order valence-corrected chi connectivity index (χ4v) is 2.35. The van der Waals surface area contributed by atoms with Crippen molar-refractivity contribution in [3.8, 4) is 0 Å². The molecule has 19 heavy (non-hydrogen) atoms. The van der Waals surface area contributed by atoms with E-state index in [1.807, 2.05) is 0 Å². The van der Waals surface area contributed by atoms with Crippen LogP contribution in [0, 0.1) is 5.41 Å². The quantitative estimate of drug-likeness (QED) is 0.753. The van der Waals surface area contributed by atoms with Crippen LogP contribution in [0.15, 0.2) is 6.33 Å². The molecule has 2 N–H and O–H groups in total. The number of anilines is 1. The predicted octanol–water partition coefficient (Wildman–Crippen LogP) is 3.46. The first-order valence-electron chi connectivity index (χ1n) is 6.72. The van der Waals surface area contributed by atoms with Crippen molar-refractivity contribution in [2.24, 2.45) is 5.41 Å². The third-order valence-corrected chi connectivity index (χ3v) is 3.46. The van der Waals surface area contributed by atoms with Gasteiger partial charge < -0.3 is 10.4 Å². The van der Waals surface area contributed by atoms with Crippen molar-refractivity contribution in [1.82, 2.24) is 9.97 Å². The summed E-state index contributed by atoms with van der Waals surface area (Å²) in [4.78, 5) is 8.32. The number of aliphatic hydroxyl groups is 1. The molecule has 1 rings (SSSR count). The Morgan fingerprint density at radius 3 is 2.63 bits per heavy atom. The Hall–Kier alpha value is -0.870. The number of rotatable bonds is 7. The third kappa shape index (κ3) is 4.96. The van der Waals surface area contributed by atoms with Gasteiger partial charge in [0.05, 0.1) is 0 Å². The molecule has 0 spiro atoms. The zero-order valence-electron chi connectivity index (χ0n) is 12.2. The van der Waals surface area contributed by atoms with Crippen molar-refractivity contribution in [3.63, 3.8) is 0 Å². The van der Waals surface area contributed by atoms with Crippen molar-refractivity contribution in [2.75, 3.05) is 18.5 Å². The Morgan fingerprint density at radius 2 is 2.05 bits per heavy atom. The van der Waals surface area contributed by atoms with Gasteiger partial charge >= 0.3 is 0 Å². The van der Waals surface area contributed by atoms with E-state index in [1.165, 1.54) is 6.33 Å². The number of nitrogens with zero attached hydrogens (tertiary/aromatic N) is 2. The van der Waals surface area contributed by atoms with Crippen molar-refractivity contribution in [3.05, 3.63) is 17.0 Å². The minimum absolute atomic E-state index is 0.106. The summed E-state index contributed by atoms with van der Waals surface area (Å²) in [6, 6.07) is 0. The third-order valence-electron chi connectivity index (χ3n) is 3.16. The molecule has 108 valence electrons. The first kappa shape index (κ1) is 16.2. The van der Waals surface area contributed by atoms with E-state index in [2.05, 4.69) is 43.0 Å². The average molecular weight is 286 g/mol. The Balaban J connectivity index is 2.75. The van der Waals surface area contributed by atoms with Crippen molar-refractivity contribution in [1.29, 1.82) is 0 Å². The van der Waals surface area contributed by atoms with Gasteiger partial charge in [0, 0.05) is 18.7 Å². The van der Waals surface area contributed by atoms with Gasteiger partial charge in [0.25, 0.3) is 0 Å². The molecule has 0 aromatic carbocycles. The lowest BCUT2D eigenvalue weighted by Gasteiger charge is -2.26. The molecule has 0 aliphatic carbocycles. The summed E-state index contributed by atoms with van der Waals surface area (Å²) in [7, 11) is 0. The van der Waals surface area contributed by atoms with Gasteiger partial charge in [0.2, 0.25) is 0 Å². The molecule has 0 saturated heterocycles. The van der Waals surface area contributed by atoms with Crippen LogP contribution < -0.4 is 5.32 Å². The minimum Gasteiger partial charge on any atom is -0.396 e. The van der Waals surface area contributed by atoms with Gasteiger partial charge in [-0.1, -0.05) is 39.3 Å². The van der Waals surface area contributed by atoms with Crippen molar-refractivity contribution < 1.29 is 5.11 Å². The smallest absolute Gasteiger partial charge is 0.138 e. The highest BCUT2D eigenvalue weighted by Gasteiger charge is 2.19. The molecule has 1 aromatic heterocycles. The molecular weight excluding hydrogens is 262 g/mol. The van der Waals surface area contributed by atoms with Crippen LogP contribution >= 0.6 is 11.6 Å². The number of halogens is 1. The van der Waals surface area contributed by atoms with E-state index in [0.29, 0.717) is 5.15 Å². The summed E-state index contributed by atoms with van der Waals surface area (Å²) in [6.45, 7) is 9.53. The number of nitrogens with one attached hydrogen (secondary N) is 1. The molecule has 1 heterocycles. The average Bonchev–Trinajstić information content (AvgIpc) is 2.33. The first-order chi connectivity index (χ1) is 8.87. The molecule has 4 nitrogen and oxygen atoms in total. The summed E-state index contributed by atoms with van der Waals surface area (Å²) >= 11 is 6.13. The SMILES string of the molecule is CC(C)c1c(Cl)ncnc1NCC(C)(C)CCCO. The molecule has 0 amide bonds. The second-order valence-electron chi connectivity index (χ2n) is 5.93. The molecule has 0 fully saturated rings. The first-order valence-corrected chi connectivity index (χ1v) is 7.10. The zero-order chi connectivity index (χ0) is 14.5. The molecule has 0 saturated carbocycles. The summed E-state index contributed by atoms with van der Waals surface area (Å²) in [5.41, 5.74) is 1.07. The lowest BCUT2D eigenvalue weighted by molar-refractivity contribution is 0.248. The van der Waals surface area contributed by atoms with Crippen LogP contribution in [0.5, 0.6) is 0 Å². The predicted molar refractivity (Wildman–Crippen MR) is 79.7 cm³/mol. The molecule has 0 aliphatic heterocycles. The molecule has 0 aliphatic rings. The molecule has 0 bridgehead atoms. The normalized spacial score (nSPS) is 11.9. The lowest BCUT2D eigenvalue weighted by atomic mass is 9.88. The standard InChI is InChI=1S/C14H24ClN3O/c1-10(2)11-12(15)17-9-18-13(11)16-8-14(3,4)6-5-7-19/h9-10,19H,5-8H2,1-4H3,(H,16,17,18). The van der Waals surface area contributed by atoms with E-state index in [-0.39, 0.29) is 17.9 Å². The Morgan fingerprint density at radius 1 is 1.37 bits per heavy atom. The van der Waals surface area contributed by atoms with Gasteiger partial charge in [0.1, 0.15) is 17.3 Å². The Kier molecular flexibility index (Phi) is 6.01. The second-order valence-corrected chi connectivity index (χ2v) is 6.28. The molecule has 0 radical (unpaired) electrons. The Bertz CT molecular complexity index is 408. The van der Waals surface area contributed by atoms with Crippen LogP contribution in [0.1, 0.15) is 52.0 Å². The van der Waals surface area contributed by atoms with Crippen LogP contribution in [-0.4, -0.2) is 28.2 Å². The summed E-state index contributed by atoms with van der Waals surface area (Å²) in [5.74, 6) is 1.09. The summed E-state index contributed by atoms with van der Waals surface area (Å²) < 4.78 is 0. The summed E-state index contributed by atoms with van der Waals surface area (Å²) in [5, 5.41) is 12.8. The van der Waals surface area contributed by atoms with Gasteiger partial charge in [-0.3, -0.25) is 0 Å². The maximum Gasteiger partial charge on any atom is 0.138 e. The van der Waals surface area contributed by atoms with Gasteiger partial charge in [-0.25, -0.2) is 9.97 Å². The van der Waals surface area contributed by atoms with Crippen molar-refractivity contribution >= 4 is 17.4 Å². The van der Waals surface area contributed by atoms with Gasteiger partial charge in [-0.15, -0.1) is 0 Å². The van der Waals surface area contributed by atoms with Crippen LogP contribution in [-0.2, 0) is 0 Å². The van der Waals surface area contributed by atoms with E-state index in [9.17, 15) is 0 Å². The lowest BCUT2D eigenvalue weighted by Crippen LogP contribution is -2.24. The number of hydrogen-bond acceptors (Lipinski definition) is 4. The van der Waals surface area contributed by atoms with E-state index in [0.717, 1.165) is 30.8 Å². The number of aromatic nitrogens is 2. The highest BCUT2D eigenvalue weighted by molar-refractivity contribution is 6.30. The number of aliphatic hydroxyl groups excluding tert-OH is 1. The molecule has 0 atom stereocenters. The maximum absolute atomic E-state index is 8.91. The van der Waals surface area contributed by atoms with E-state index < -0.39 is 0 Å². The van der Waals surface area contributed by atoms with E-state index in [1.54, 1.807) is 0 Å². The summed E-state index contributed by atoms with van der Waals surface area (Å²) in [6.07, 6.45) is 3.26.